The van der Waals surface area contributed by atoms with Gasteiger partial charge in [0.05, 0.1) is 13.2 Å². The lowest BCUT2D eigenvalue weighted by molar-refractivity contribution is -0.135. The molecule has 3 aromatic carbocycles. The number of hydrogen-bond acceptors (Lipinski definition) is 7. The highest BCUT2D eigenvalue weighted by Gasteiger charge is 2.31. The minimum Gasteiger partial charge on any atom is -0.507 e. The number of rotatable bonds is 5. The molecule has 1 aliphatic rings. The number of H-pyrrole nitrogens is 1. The Morgan fingerprint density at radius 3 is 2.42 bits per heavy atom. The first kappa shape index (κ1) is 25.4. The molecule has 2 aromatic heterocycles. The molecule has 3 N–H and O–H groups in total. The van der Waals surface area contributed by atoms with Crippen molar-refractivity contribution < 1.29 is 24.2 Å². The summed E-state index contributed by atoms with van der Waals surface area (Å²) in [6.07, 6.45) is -0.186. The van der Waals surface area contributed by atoms with Crippen molar-refractivity contribution in [2.45, 2.75) is 12.3 Å². The highest BCUT2D eigenvalue weighted by atomic mass is 16.5. The molecule has 1 saturated heterocycles. The number of aromatic amines is 1. The van der Waals surface area contributed by atoms with Crippen molar-refractivity contribution in [1.82, 2.24) is 9.88 Å². The lowest BCUT2D eigenvalue weighted by Gasteiger charge is -2.29. The monoisotopic (exact) mass is 538 g/mol. The van der Waals surface area contributed by atoms with Crippen LogP contribution in [0, 0.1) is 0 Å². The van der Waals surface area contributed by atoms with Gasteiger partial charge in [-0.15, -0.1) is 0 Å². The van der Waals surface area contributed by atoms with Gasteiger partial charge in [0.25, 0.3) is 5.56 Å². The van der Waals surface area contributed by atoms with E-state index < -0.39 is 28.4 Å². The smallest absolute Gasteiger partial charge is 0.252 e. The van der Waals surface area contributed by atoms with Crippen LogP contribution in [-0.2, 0) is 9.53 Å². The maximum atomic E-state index is 13.5. The molecule has 0 unspecified atom stereocenters. The van der Waals surface area contributed by atoms with Gasteiger partial charge in [-0.2, -0.15) is 0 Å². The maximum Gasteiger partial charge on any atom is 0.252 e. The first-order valence-electron chi connectivity index (χ1n) is 13.0. The summed E-state index contributed by atoms with van der Waals surface area (Å²) in [4.78, 5) is 44.8. The molecule has 9 nitrogen and oxygen atoms in total. The number of morpholine rings is 1. The number of amides is 1. The lowest BCUT2D eigenvalue weighted by atomic mass is 9.86. The molecule has 0 bridgehead atoms. The fourth-order valence-electron chi connectivity index (χ4n) is 5.31. The van der Waals surface area contributed by atoms with Crippen LogP contribution in [0.2, 0.25) is 0 Å². The number of aromatic nitrogens is 1. The highest BCUT2D eigenvalue weighted by Crippen LogP contribution is 2.42. The van der Waals surface area contributed by atoms with Crippen LogP contribution < -0.4 is 11.0 Å². The van der Waals surface area contributed by atoms with Crippen molar-refractivity contribution in [3.63, 3.8) is 0 Å². The summed E-state index contributed by atoms with van der Waals surface area (Å²) in [5, 5.41) is 22.5. The summed E-state index contributed by atoms with van der Waals surface area (Å²) in [5.74, 6) is -1.89. The Kier molecular flexibility index (Phi) is 6.57. The van der Waals surface area contributed by atoms with Gasteiger partial charge in [-0.25, -0.2) is 0 Å². The molecule has 0 aliphatic carbocycles. The Bertz CT molecular complexity index is 1850. The van der Waals surface area contributed by atoms with E-state index in [9.17, 15) is 24.6 Å². The number of hydrogen-bond donors (Lipinski definition) is 3. The molecular formula is C31H26N2O7. The fraction of sp³-hybridized carbons (Fsp3) is 0.194. The SMILES string of the molecule is O=C(C[C@H](c1cc2ccccc2[nH]c1=O)c1c(O)cc(O)c2c(=O)cc(-c3ccccc3)oc12)N1CCOCC1. The van der Waals surface area contributed by atoms with Gasteiger partial charge in [0.1, 0.15) is 28.2 Å². The van der Waals surface area contributed by atoms with E-state index in [0.29, 0.717) is 37.4 Å². The molecular weight excluding hydrogens is 512 g/mol. The van der Waals surface area contributed by atoms with Gasteiger partial charge in [0.15, 0.2) is 5.43 Å². The van der Waals surface area contributed by atoms with Crippen LogP contribution in [0.5, 0.6) is 11.5 Å². The Labute approximate surface area is 227 Å². The average Bonchev–Trinajstić information content (AvgIpc) is 2.96. The van der Waals surface area contributed by atoms with Crippen LogP contribution in [0.4, 0.5) is 0 Å². The molecule has 3 heterocycles. The number of fused-ring (bicyclic) bond motifs is 2. The number of carbonyl (C=O) groups is 1. The first-order chi connectivity index (χ1) is 19.4. The number of carbonyl (C=O) groups excluding carboxylic acids is 1. The third-order valence-corrected chi connectivity index (χ3v) is 7.30. The van der Waals surface area contributed by atoms with Gasteiger partial charge in [0, 0.05) is 59.8 Å². The number of ether oxygens (including phenoxy) is 1. The van der Waals surface area contributed by atoms with E-state index in [4.69, 9.17) is 9.15 Å². The number of benzene rings is 3. The van der Waals surface area contributed by atoms with Crippen LogP contribution in [0.3, 0.4) is 0 Å². The number of phenols is 2. The quantitative estimate of drug-likeness (QED) is 0.307. The number of phenolic OH excluding ortho intramolecular Hbond substituents is 2. The molecule has 9 heteroatoms. The van der Waals surface area contributed by atoms with Gasteiger partial charge in [-0.1, -0.05) is 48.5 Å². The Balaban J connectivity index is 1.61. The molecule has 202 valence electrons. The second-order valence-corrected chi connectivity index (χ2v) is 9.76. The second-order valence-electron chi connectivity index (χ2n) is 9.76. The summed E-state index contributed by atoms with van der Waals surface area (Å²) in [7, 11) is 0. The molecule has 0 radical (unpaired) electrons. The summed E-state index contributed by atoms with van der Waals surface area (Å²) in [6.45, 7) is 1.59. The molecule has 6 rings (SSSR count). The molecule has 0 spiro atoms. The van der Waals surface area contributed by atoms with E-state index in [1.54, 1.807) is 47.4 Å². The van der Waals surface area contributed by atoms with Crippen LogP contribution in [0.15, 0.2) is 86.8 Å². The Morgan fingerprint density at radius 2 is 1.65 bits per heavy atom. The zero-order chi connectivity index (χ0) is 27.8. The number of pyridine rings is 1. The molecule has 1 amide bonds. The van der Waals surface area contributed by atoms with E-state index in [1.165, 1.54) is 6.07 Å². The summed E-state index contributed by atoms with van der Waals surface area (Å²) in [6, 6.07) is 20.2. The maximum absolute atomic E-state index is 13.5. The molecule has 1 atom stereocenters. The highest BCUT2D eigenvalue weighted by molar-refractivity contribution is 5.91. The zero-order valence-electron chi connectivity index (χ0n) is 21.4. The van der Waals surface area contributed by atoms with Crippen molar-refractivity contribution in [2.75, 3.05) is 26.3 Å². The first-order valence-corrected chi connectivity index (χ1v) is 13.0. The number of nitrogens with one attached hydrogen (secondary N) is 1. The Hall–Kier alpha value is -4.89. The topological polar surface area (TPSA) is 133 Å². The predicted molar refractivity (Wildman–Crippen MR) is 150 cm³/mol. The van der Waals surface area contributed by atoms with Gasteiger partial charge >= 0.3 is 0 Å². The second kappa shape index (κ2) is 10.3. The van der Waals surface area contributed by atoms with E-state index in [2.05, 4.69) is 4.98 Å². The van der Waals surface area contributed by atoms with Crippen molar-refractivity contribution in [3.8, 4) is 22.8 Å². The standard InChI is InChI=1S/C31H26N2O7/c34-23-16-24(35)29-25(36)17-26(18-6-2-1-3-7-18)40-30(29)28(23)20(15-27(37)33-10-12-39-13-11-33)21-14-19-8-4-5-9-22(19)32-31(21)38/h1-9,14,16-17,20,34-35H,10-13,15H2,(H,32,38)/t20-/m1/s1. The summed E-state index contributed by atoms with van der Waals surface area (Å²) in [5.41, 5.74) is 0.466. The minimum atomic E-state index is -0.999. The van der Waals surface area contributed by atoms with E-state index in [0.717, 1.165) is 11.5 Å². The number of aromatic hydroxyl groups is 2. The van der Waals surface area contributed by atoms with E-state index >= 15 is 0 Å². The fourth-order valence-corrected chi connectivity index (χ4v) is 5.31. The van der Waals surface area contributed by atoms with Crippen LogP contribution in [-0.4, -0.2) is 52.3 Å². The third kappa shape index (κ3) is 4.60. The molecule has 0 saturated carbocycles. The van der Waals surface area contributed by atoms with Crippen LogP contribution in [0.1, 0.15) is 23.5 Å². The summed E-state index contributed by atoms with van der Waals surface area (Å²) >= 11 is 0. The predicted octanol–water partition coefficient (Wildman–Crippen LogP) is 4.09. The Morgan fingerprint density at radius 1 is 0.925 bits per heavy atom. The lowest BCUT2D eigenvalue weighted by Crippen LogP contribution is -2.41. The molecule has 1 fully saturated rings. The van der Waals surface area contributed by atoms with Crippen LogP contribution >= 0.6 is 0 Å². The van der Waals surface area contributed by atoms with Gasteiger partial charge in [-0.05, 0) is 17.5 Å². The van der Waals surface area contributed by atoms with E-state index in [1.807, 2.05) is 18.2 Å². The zero-order valence-corrected chi connectivity index (χ0v) is 21.4. The molecule has 40 heavy (non-hydrogen) atoms. The van der Waals surface area contributed by atoms with Crippen molar-refractivity contribution >= 4 is 27.8 Å². The van der Waals surface area contributed by atoms with Gasteiger partial charge in [-0.3, -0.25) is 14.4 Å². The van der Waals surface area contributed by atoms with E-state index in [-0.39, 0.29) is 40.2 Å². The van der Waals surface area contributed by atoms with Crippen molar-refractivity contribution in [3.05, 3.63) is 105 Å². The minimum absolute atomic E-state index is 0.0741. The van der Waals surface area contributed by atoms with Crippen molar-refractivity contribution in [2.24, 2.45) is 0 Å². The number of nitrogens with zero attached hydrogens (tertiary/aromatic N) is 1. The average molecular weight is 539 g/mol. The largest absolute Gasteiger partial charge is 0.507 e. The normalized spacial score (nSPS) is 14.4. The molecule has 5 aromatic rings. The van der Waals surface area contributed by atoms with Gasteiger partial charge < -0.3 is 29.3 Å². The third-order valence-electron chi connectivity index (χ3n) is 7.30. The van der Waals surface area contributed by atoms with Gasteiger partial charge in [0.2, 0.25) is 5.91 Å². The molecule has 1 aliphatic heterocycles. The van der Waals surface area contributed by atoms with Crippen LogP contribution in [0.25, 0.3) is 33.2 Å². The van der Waals surface area contributed by atoms with Crippen molar-refractivity contribution in [1.29, 1.82) is 0 Å². The number of para-hydroxylation sites is 1. The summed E-state index contributed by atoms with van der Waals surface area (Å²) < 4.78 is 11.6.